The van der Waals surface area contributed by atoms with Crippen LogP contribution in [0.15, 0.2) is 58.3 Å². The first-order chi connectivity index (χ1) is 7.66. The van der Waals surface area contributed by atoms with E-state index < -0.39 is 10.8 Å². The van der Waals surface area contributed by atoms with E-state index in [1.54, 1.807) is 0 Å². The van der Waals surface area contributed by atoms with Crippen LogP contribution in [0, 0.1) is 6.92 Å². The van der Waals surface area contributed by atoms with E-state index >= 15 is 0 Å². The van der Waals surface area contributed by atoms with Crippen molar-refractivity contribution in [3.8, 4) is 0 Å². The van der Waals surface area contributed by atoms with Crippen LogP contribution in [0.25, 0.3) is 0 Å². The van der Waals surface area contributed by atoms with Gasteiger partial charge in [0.2, 0.25) is 0 Å². The normalized spacial score (nSPS) is 12.4. The Labute approximate surface area is 97.6 Å². The molecule has 0 heterocycles. The second-order valence-electron chi connectivity index (χ2n) is 3.73. The van der Waals surface area contributed by atoms with Gasteiger partial charge in [-0.3, -0.25) is 0 Å². The molecule has 2 aromatic rings. The van der Waals surface area contributed by atoms with Gasteiger partial charge >= 0.3 is 0 Å². The standard InChI is InChI=1S/C13H13NOS/c1-10-2-6-12(7-3-10)16(15)13-8-4-11(14)5-9-13/h2-9H,14H2,1H3/p+1. The summed E-state index contributed by atoms with van der Waals surface area (Å²) in [4.78, 5) is 1.65. The molecule has 0 aromatic heterocycles. The molecule has 2 rings (SSSR count). The molecule has 0 saturated heterocycles. The summed E-state index contributed by atoms with van der Waals surface area (Å²) >= 11 is 0. The Morgan fingerprint density at radius 2 is 1.31 bits per heavy atom. The van der Waals surface area contributed by atoms with Crippen LogP contribution < -0.4 is 5.73 Å². The van der Waals surface area contributed by atoms with E-state index in [1.165, 1.54) is 5.56 Å². The van der Waals surface area contributed by atoms with Crippen LogP contribution in [0.5, 0.6) is 0 Å². The van der Waals surface area contributed by atoms with E-state index in [9.17, 15) is 4.21 Å². The van der Waals surface area contributed by atoms with Gasteiger partial charge in [0.1, 0.15) is 5.69 Å². The lowest BCUT2D eigenvalue weighted by Crippen LogP contribution is -2.39. The average Bonchev–Trinajstić information content (AvgIpc) is 2.30. The predicted molar refractivity (Wildman–Crippen MR) is 64.8 cm³/mol. The Bertz CT molecular complexity index is 455. The quantitative estimate of drug-likeness (QED) is 0.846. The SMILES string of the molecule is Cc1ccc(S(=O)c2ccc([NH3+])cc2)cc1. The summed E-state index contributed by atoms with van der Waals surface area (Å²) in [6.07, 6.45) is 0. The Morgan fingerprint density at radius 3 is 1.81 bits per heavy atom. The van der Waals surface area contributed by atoms with Crippen molar-refractivity contribution in [1.82, 2.24) is 0 Å². The lowest BCUT2D eigenvalue weighted by Gasteiger charge is -2.02. The van der Waals surface area contributed by atoms with E-state index in [0.717, 1.165) is 15.5 Å². The second kappa shape index (κ2) is 4.60. The molecule has 0 aliphatic rings. The van der Waals surface area contributed by atoms with Crippen LogP contribution in [0.3, 0.4) is 0 Å². The Hall–Kier alpha value is -1.45. The van der Waals surface area contributed by atoms with Gasteiger partial charge in [0.15, 0.2) is 0 Å². The third-order valence-electron chi connectivity index (χ3n) is 2.37. The second-order valence-corrected chi connectivity index (χ2v) is 5.21. The van der Waals surface area contributed by atoms with Crippen LogP contribution in [0.4, 0.5) is 5.69 Å². The molecule has 1 unspecified atom stereocenters. The van der Waals surface area contributed by atoms with Gasteiger partial charge in [-0.05, 0) is 31.2 Å². The minimum Gasteiger partial charge on any atom is -0.325 e. The van der Waals surface area contributed by atoms with Crippen LogP contribution in [-0.2, 0) is 10.8 Å². The topological polar surface area (TPSA) is 44.7 Å². The smallest absolute Gasteiger partial charge is 0.127 e. The number of quaternary nitrogens is 1. The summed E-state index contributed by atoms with van der Waals surface area (Å²) < 4.78 is 12.2. The molecule has 82 valence electrons. The molecular formula is C13H14NOS+. The van der Waals surface area contributed by atoms with Gasteiger partial charge < -0.3 is 5.73 Å². The molecule has 2 aromatic carbocycles. The largest absolute Gasteiger partial charge is 0.325 e. The molecular weight excluding hydrogens is 218 g/mol. The highest BCUT2D eigenvalue weighted by Gasteiger charge is 2.06. The van der Waals surface area contributed by atoms with Crippen LogP contribution in [0.2, 0.25) is 0 Å². The number of rotatable bonds is 2. The highest BCUT2D eigenvalue weighted by atomic mass is 32.2. The molecule has 0 radical (unpaired) electrons. The average molecular weight is 232 g/mol. The van der Waals surface area contributed by atoms with E-state index in [2.05, 4.69) is 5.73 Å². The van der Waals surface area contributed by atoms with Gasteiger partial charge in [-0.25, -0.2) is 4.21 Å². The third kappa shape index (κ3) is 2.38. The van der Waals surface area contributed by atoms with E-state index in [-0.39, 0.29) is 0 Å². The van der Waals surface area contributed by atoms with Crippen LogP contribution >= 0.6 is 0 Å². The van der Waals surface area contributed by atoms with Gasteiger partial charge in [0.25, 0.3) is 0 Å². The monoisotopic (exact) mass is 232 g/mol. The maximum atomic E-state index is 12.2. The first-order valence-electron chi connectivity index (χ1n) is 5.07. The highest BCUT2D eigenvalue weighted by molar-refractivity contribution is 7.85. The predicted octanol–water partition coefficient (Wildman–Crippen LogP) is 2.04. The molecule has 3 heteroatoms. The maximum absolute atomic E-state index is 12.2. The lowest BCUT2D eigenvalue weighted by molar-refractivity contribution is -0.254. The van der Waals surface area contributed by atoms with E-state index in [1.807, 2.05) is 55.5 Å². The zero-order valence-electron chi connectivity index (χ0n) is 9.14. The number of hydrogen-bond acceptors (Lipinski definition) is 1. The van der Waals surface area contributed by atoms with Crippen LogP contribution in [0.1, 0.15) is 5.56 Å². The fourth-order valence-electron chi connectivity index (χ4n) is 1.41. The number of aryl methyl sites for hydroxylation is 1. The summed E-state index contributed by atoms with van der Waals surface area (Å²) in [5.74, 6) is 0. The molecule has 2 nitrogen and oxygen atoms in total. The van der Waals surface area contributed by atoms with Gasteiger partial charge in [0, 0.05) is 21.9 Å². The maximum Gasteiger partial charge on any atom is 0.127 e. The van der Waals surface area contributed by atoms with Crippen molar-refractivity contribution < 1.29 is 9.94 Å². The summed E-state index contributed by atoms with van der Waals surface area (Å²) in [6, 6.07) is 15.2. The fourth-order valence-corrected chi connectivity index (χ4v) is 2.45. The van der Waals surface area contributed by atoms with Gasteiger partial charge in [-0.2, -0.15) is 0 Å². The lowest BCUT2D eigenvalue weighted by atomic mass is 10.2. The zero-order chi connectivity index (χ0) is 11.5. The molecule has 0 aliphatic carbocycles. The third-order valence-corrected chi connectivity index (χ3v) is 3.77. The van der Waals surface area contributed by atoms with Gasteiger partial charge in [-0.1, -0.05) is 17.7 Å². The molecule has 0 bridgehead atoms. The molecule has 0 spiro atoms. The van der Waals surface area contributed by atoms with E-state index in [0.29, 0.717) is 0 Å². The number of hydrogen-bond donors (Lipinski definition) is 1. The minimum absolute atomic E-state index is 0.816. The summed E-state index contributed by atoms with van der Waals surface area (Å²) in [5, 5.41) is 0. The minimum atomic E-state index is -1.09. The van der Waals surface area contributed by atoms with Crippen molar-refractivity contribution >= 4 is 16.5 Å². The molecule has 0 aliphatic heterocycles. The Kier molecular flexibility index (Phi) is 3.17. The van der Waals surface area contributed by atoms with Crippen molar-refractivity contribution in [3.63, 3.8) is 0 Å². The molecule has 0 saturated carbocycles. The summed E-state index contributed by atoms with van der Waals surface area (Å²) in [7, 11) is -1.09. The molecule has 3 N–H and O–H groups in total. The Balaban J connectivity index is 2.32. The summed E-state index contributed by atoms with van der Waals surface area (Å²) in [6.45, 7) is 2.02. The van der Waals surface area contributed by atoms with Crippen LogP contribution in [-0.4, -0.2) is 4.21 Å². The summed E-state index contributed by atoms with van der Waals surface area (Å²) in [5.41, 5.74) is 5.92. The molecule has 0 fully saturated rings. The van der Waals surface area contributed by atoms with Crippen molar-refractivity contribution in [2.45, 2.75) is 16.7 Å². The molecule has 0 amide bonds. The van der Waals surface area contributed by atoms with Gasteiger partial charge in [-0.15, -0.1) is 0 Å². The van der Waals surface area contributed by atoms with E-state index in [4.69, 9.17) is 0 Å². The molecule has 1 atom stereocenters. The van der Waals surface area contributed by atoms with Gasteiger partial charge in [0.05, 0.1) is 10.8 Å². The Morgan fingerprint density at radius 1 is 0.875 bits per heavy atom. The number of benzene rings is 2. The van der Waals surface area contributed by atoms with Crippen molar-refractivity contribution in [3.05, 3.63) is 54.1 Å². The molecule has 16 heavy (non-hydrogen) atoms. The highest BCUT2D eigenvalue weighted by Crippen LogP contribution is 2.17. The van der Waals surface area contributed by atoms with Crippen molar-refractivity contribution in [2.75, 3.05) is 0 Å². The van der Waals surface area contributed by atoms with Crippen molar-refractivity contribution in [1.29, 1.82) is 0 Å². The first-order valence-corrected chi connectivity index (χ1v) is 6.22. The first kappa shape index (κ1) is 11.0. The zero-order valence-corrected chi connectivity index (χ0v) is 9.96. The fraction of sp³-hybridized carbons (Fsp3) is 0.0769. The van der Waals surface area contributed by atoms with Crippen molar-refractivity contribution in [2.24, 2.45) is 0 Å².